The van der Waals surface area contributed by atoms with Gasteiger partial charge in [-0.1, -0.05) is 0 Å². The predicted octanol–water partition coefficient (Wildman–Crippen LogP) is 0.990. The molecule has 9 heteroatoms. The average molecular weight is 398 g/mol. The lowest BCUT2D eigenvalue weighted by atomic mass is 9.96. The van der Waals surface area contributed by atoms with Crippen LogP contribution < -0.4 is 4.74 Å². The Bertz CT molecular complexity index is 847. The van der Waals surface area contributed by atoms with Gasteiger partial charge >= 0.3 is 6.01 Å². The van der Waals surface area contributed by atoms with E-state index in [0.29, 0.717) is 50.3 Å². The first kappa shape index (κ1) is 19.4. The highest BCUT2D eigenvalue weighted by Gasteiger charge is 2.33. The van der Waals surface area contributed by atoms with Crippen molar-refractivity contribution in [1.29, 1.82) is 0 Å². The Kier molecular flexibility index (Phi) is 5.73. The minimum atomic E-state index is 0.0287. The van der Waals surface area contributed by atoms with Crippen LogP contribution in [0.25, 0.3) is 0 Å². The van der Waals surface area contributed by atoms with Crippen LogP contribution in [0.4, 0.5) is 0 Å². The smallest absolute Gasteiger partial charge is 0.316 e. The van der Waals surface area contributed by atoms with Crippen LogP contribution >= 0.6 is 0 Å². The molecule has 0 spiro atoms. The Morgan fingerprint density at radius 1 is 1.21 bits per heavy atom. The summed E-state index contributed by atoms with van der Waals surface area (Å²) in [4.78, 5) is 40.9. The van der Waals surface area contributed by atoms with Gasteiger partial charge in [-0.15, -0.1) is 0 Å². The summed E-state index contributed by atoms with van der Waals surface area (Å²) < 4.78 is 7.36. The number of aromatic nitrogens is 4. The van der Waals surface area contributed by atoms with E-state index >= 15 is 0 Å². The molecule has 1 unspecified atom stereocenters. The van der Waals surface area contributed by atoms with E-state index < -0.39 is 0 Å². The second kappa shape index (κ2) is 8.59. The van der Waals surface area contributed by atoms with E-state index in [1.807, 2.05) is 16.8 Å². The number of aryl methyl sites for hydroxylation is 1. The van der Waals surface area contributed by atoms with Crippen LogP contribution in [0, 0.1) is 11.8 Å². The number of piperidine rings is 1. The standard InChI is InChI=1S/C20H26N6O3/c1-24-14-21-10-17(24)19(28)25-7-3-15(4-8-25)11-26-12-16(9-18(26)27)13-29-20-22-5-2-6-23-20/h2,5-6,10,14-16H,3-4,7-9,11-13H2,1H3. The third-order valence-electron chi connectivity index (χ3n) is 5.70. The highest BCUT2D eigenvalue weighted by molar-refractivity contribution is 5.92. The van der Waals surface area contributed by atoms with Gasteiger partial charge in [-0.3, -0.25) is 9.59 Å². The summed E-state index contributed by atoms with van der Waals surface area (Å²) in [5.41, 5.74) is 0.614. The van der Waals surface area contributed by atoms with Crippen molar-refractivity contribution < 1.29 is 14.3 Å². The van der Waals surface area contributed by atoms with Crippen LogP contribution in [-0.4, -0.2) is 73.9 Å². The first-order chi connectivity index (χ1) is 14.1. The Morgan fingerprint density at radius 2 is 1.97 bits per heavy atom. The lowest BCUT2D eigenvalue weighted by Gasteiger charge is -2.34. The summed E-state index contributed by atoms with van der Waals surface area (Å²) in [5, 5.41) is 0. The summed E-state index contributed by atoms with van der Waals surface area (Å²) in [6, 6.07) is 2.09. The van der Waals surface area contributed by atoms with Crippen LogP contribution in [0.3, 0.4) is 0 Å². The van der Waals surface area contributed by atoms with Crippen LogP contribution in [0.1, 0.15) is 29.8 Å². The number of amides is 2. The zero-order valence-corrected chi connectivity index (χ0v) is 16.6. The Morgan fingerprint density at radius 3 is 2.66 bits per heavy atom. The van der Waals surface area contributed by atoms with Gasteiger partial charge in [0.05, 0.1) is 19.1 Å². The molecule has 29 heavy (non-hydrogen) atoms. The van der Waals surface area contributed by atoms with Crippen molar-refractivity contribution in [2.24, 2.45) is 18.9 Å². The third kappa shape index (κ3) is 4.55. The van der Waals surface area contributed by atoms with Crippen molar-refractivity contribution >= 4 is 11.8 Å². The van der Waals surface area contributed by atoms with E-state index in [4.69, 9.17) is 4.74 Å². The zero-order chi connectivity index (χ0) is 20.2. The maximum absolute atomic E-state index is 12.6. The second-order valence-electron chi connectivity index (χ2n) is 7.84. The fourth-order valence-electron chi connectivity index (χ4n) is 4.05. The first-order valence-electron chi connectivity index (χ1n) is 10.0. The Labute approximate surface area is 169 Å². The zero-order valence-electron chi connectivity index (χ0n) is 16.6. The predicted molar refractivity (Wildman–Crippen MR) is 104 cm³/mol. The molecule has 2 amide bonds. The Hall–Kier alpha value is -2.97. The molecule has 9 nitrogen and oxygen atoms in total. The number of likely N-dealkylation sites (tertiary alicyclic amines) is 2. The molecule has 2 aliphatic rings. The first-order valence-corrected chi connectivity index (χ1v) is 10.0. The second-order valence-corrected chi connectivity index (χ2v) is 7.84. The molecule has 2 fully saturated rings. The highest BCUT2D eigenvalue weighted by atomic mass is 16.5. The van der Waals surface area contributed by atoms with E-state index in [1.165, 1.54) is 0 Å². The van der Waals surface area contributed by atoms with Gasteiger partial charge in [0.2, 0.25) is 5.91 Å². The van der Waals surface area contributed by atoms with Crippen LogP contribution in [0.2, 0.25) is 0 Å². The van der Waals surface area contributed by atoms with Crippen molar-refractivity contribution in [3.8, 4) is 6.01 Å². The monoisotopic (exact) mass is 398 g/mol. The molecule has 4 rings (SSSR count). The van der Waals surface area contributed by atoms with Crippen molar-refractivity contribution in [2.45, 2.75) is 19.3 Å². The van der Waals surface area contributed by atoms with Gasteiger partial charge in [0.15, 0.2) is 0 Å². The average Bonchev–Trinajstić information content (AvgIpc) is 3.32. The number of ether oxygens (including phenoxy) is 1. The quantitative estimate of drug-likeness (QED) is 0.720. The van der Waals surface area contributed by atoms with Gasteiger partial charge in [-0.2, -0.15) is 0 Å². The van der Waals surface area contributed by atoms with Gasteiger partial charge in [0.25, 0.3) is 5.91 Å². The van der Waals surface area contributed by atoms with Crippen molar-refractivity contribution in [3.63, 3.8) is 0 Å². The van der Waals surface area contributed by atoms with E-state index in [9.17, 15) is 9.59 Å². The topological polar surface area (TPSA) is 93.5 Å². The normalized spacial score (nSPS) is 20.3. The van der Waals surface area contributed by atoms with Crippen molar-refractivity contribution in [1.82, 2.24) is 29.3 Å². The molecule has 0 bridgehead atoms. The highest BCUT2D eigenvalue weighted by Crippen LogP contribution is 2.24. The van der Waals surface area contributed by atoms with Crippen molar-refractivity contribution in [2.75, 3.05) is 32.8 Å². The molecule has 4 heterocycles. The molecule has 2 saturated heterocycles. The number of carbonyl (C=O) groups is 2. The summed E-state index contributed by atoms with van der Waals surface area (Å²) in [5.74, 6) is 0.798. The summed E-state index contributed by atoms with van der Waals surface area (Å²) >= 11 is 0. The molecular weight excluding hydrogens is 372 g/mol. The minimum absolute atomic E-state index is 0.0287. The summed E-state index contributed by atoms with van der Waals surface area (Å²) in [6.45, 7) is 3.35. The fraction of sp³-hybridized carbons (Fsp3) is 0.550. The van der Waals surface area contributed by atoms with Crippen LogP contribution in [0.15, 0.2) is 31.0 Å². The number of hydrogen-bond acceptors (Lipinski definition) is 6. The number of hydrogen-bond donors (Lipinski definition) is 0. The molecule has 2 aromatic heterocycles. The molecule has 0 saturated carbocycles. The largest absolute Gasteiger partial charge is 0.463 e. The third-order valence-corrected chi connectivity index (χ3v) is 5.70. The maximum Gasteiger partial charge on any atom is 0.316 e. The lowest BCUT2D eigenvalue weighted by molar-refractivity contribution is -0.128. The molecule has 154 valence electrons. The molecule has 2 aromatic rings. The van der Waals surface area contributed by atoms with Gasteiger partial charge < -0.3 is 19.1 Å². The number of imidazole rings is 1. The number of carbonyl (C=O) groups excluding carboxylic acids is 2. The van der Waals surface area contributed by atoms with Crippen LogP contribution in [0.5, 0.6) is 6.01 Å². The van der Waals surface area contributed by atoms with E-state index in [0.717, 1.165) is 19.4 Å². The van der Waals surface area contributed by atoms with E-state index in [2.05, 4.69) is 15.0 Å². The number of rotatable bonds is 6. The minimum Gasteiger partial charge on any atom is -0.463 e. The molecule has 0 aromatic carbocycles. The SMILES string of the molecule is Cn1cncc1C(=O)N1CCC(CN2CC(COc3ncccn3)CC2=O)CC1. The summed E-state index contributed by atoms with van der Waals surface area (Å²) in [6.07, 6.45) is 8.85. The van der Waals surface area contributed by atoms with Crippen molar-refractivity contribution in [3.05, 3.63) is 36.7 Å². The molecule has 1 atom stereocenters. The Balaban J connectivity index is 1.22. The van der Waals surface area contributed by atoms with Gasteiger partial charge in [-0.25, -0.2) is 15.0 Å². The van der Waals surface area contributed by atoms with E-state index in [1.54, 1.807) is 35.6 Å². The number of nitrogens with zero attached hydrogens (tertiary/aromatic N) is 6. The van der Waals surface area contributed by atoms with E-state index in [-0.39, 0.29) is 17.7 Å². The molecule has 0 radical (unpaired) electrons. The lowest BCUT2D eigenvalue weighted by Crippen LogP contribution is -2.42. The summed E-state index contributed by atoms with van der Waals surface area (Å²) in [7, 11) is 1.83. The fourth-order valence-corrected chi connectivity index (χ4v) is 4.05. The van der Waals surface area contributed by atoms with Crippen LogP contribution in [-0.2, 0) is 11.8 Å². The maximum atomic E-state index is 12.6. The molecular formula is C20H26N6O3. The van der Waals surface area contributed by atoms with Gasteiger partial charge in [-0.05, 0) is 24.8 Å². The molecule has 0 N–H and O–H groups in total. The molecule has 0 aliphatic carbocycles. The van der Waals surface area contributed by atoms with Gasteiger partial charge in [0.1, 0.15) is 5.69 Å². The molecule has 2 aliphatic heterocycles. The van der Waals surface area contributed by atoms with Gasteiger partial charge in [0, 0.05) is 58.0 Å².